The fourth-order valence-electron chi connectivity index (χ4n) is 1.47. The number of pyridine rings is 1. The normalized spacial score (nSPS) is 11.4. The van der Waals surface area contributed by atoms with E-state index in [4.69, 9.17) is 16.7 Å². The van der Waals surface area contributed by atoms with Gasteiger partial charge in [-0.15, -0.1) is 0 Å². The molecule has 0 saturated carbocycles. The minimum atomic E-state index is -4.31. The number of nitro groups is 1. The summed E-state index contributed by atoms with van der Waals surface area (Å²) in [6.07, 6.45) is 0.935. The average Bonchev–Trinajstić information content (AvgIpc) is 2.88. The smallest absolute Gasteiger partial charge is 0.346 e. The topological polar surface area (TPSA) is 127 Å². The van der Waals surface area contributed by atoms with Crippen molar-refractivity contribution in [2.45, 2.75) is 9.79 Å². The van der Waals surface area contributed by atoms with Crippen molar-refractivity contribution in [1.29, 1.82) is 0 Å². The van der Waals surface area contributed by atoms with E-state index in [0.717, 1.165) is 18.3 Å². The minimum Gasteiger partial charge on any atom is -0.477 e. The Kier molecular flexibility index (Phi) is 4.52. The van der Waals surface area contributed by atoms with Crippen molar-refractivity contribution < 1.29 is 23.2 Å². The number of hydrogen-bond acceptors (Lipinski definition) is 7. The molecule has 0 spiro atoms. The van der Waals surface area contributed by atoms with E-state index in [1.54, 1.807) is 0 Å². The zero-order chi connectivity index (χ0) is 16.7. The molecule has 0 radical (unpaired) electrons. The van der Waals surface area contributed by atoms with Gasteiger partial charge in [0.25, 0.3) is 0 Å². The van der Waals surface area contributed by atoms with E-state index in [9.17, 15) is 23.3 Å². The number of hydrogen-bond donors (Lipinski definition) is 1. The van der Waals surface area contributed by atoms with E-state index in [1.165, 1.54) is 0 Å². The summed E-state index contributed by atoms with van der Waals surface area (Å²) in [5.41, 5.74) is 0. The summed E-state index contributed by atoms with van der Waals surface area (Å²) in [5.74, 6) is -1.45. The van der Waals surface area contributed by atoms with Gasteiger partial charge in [-0.25, -0.2) is 18.2 Å². The largest absolute Gasteiger partial charge is 0.477 e. The van der Waals surface area contributed by atoms with Crippen molar-refractivity contribution in [1.82, 2.24) is 4.98 Å². The number of aromatic carboxylic acids is 1. The van der Waals surface area contributed by atoms with Crippen LogP contribution in [-0.4, -0.2) is 29.4 Å². The highest BCUT2D eigenvalue weighted by Gasteiger charge is 2.33. The standard InChI is InChI=1S/C10H4BrClN2O6S2/c11-5-1-4(3-13-8(5)12)22(19,20)7-2-6(10(15)16)21-9(7)14(17)18/h1-3H,(H,15,16). The Morgan fingerprint density at radius 3 is 2.59 bits per heavy atom. The molecule has 0 fully saturated rings. The molecule has 0 unspecified atom stereocenters. The summed E-state index contributed by atoms with van der Waals surface area (Å²) in [7, 11) is -4.31. The maximum Gasteiger partial charge on any atom is 0.346 e. The van der Waals surface area contributed by atoms with Crippen LogP contribution in [0.4, 0.5) is 5.00 Å². The molecule has 2 aromatic rings. The molecule has 0 amide bonds. The fourth-order valence-corrected chi connectivity index (χ4v) is 4.60. The number of carbonyl (C=O) groups is 1. The van der Waals surface area contributed by atoms with Crippen LogP contribution in [0.25, 0.3) is 0 Å². The Morgan fingerprint density at radius 2 is 2.09 bits per heavy atom. The molecule has 8 nitrogen and oxygen atoms in total. The van der Waals surface area contributed by atoms with Crippen LogP contribution in [0.1, 0.15) is 9.67 Å². The van der Waals surface area contributed by atoms with Gasteiger partial charge in [-0.3, -0.25) is 10.1 Å². The number of carboxylic acid groups (broad SMARTS) is 1. The molecule has 2 aromatic heterocycles. The summed E-state index contributed by atoms with van der Waals surface area (Å²) in [4.78, 5) is 23.1. The third-order valence-electron chi connectivity index (χ3n) is 2.43. The first kappa shape index (κ1) is 16.8. The van der Waals surface area contributed by atoms with Gasteiger partial charge in [-0.1, -0.05) is 22.9 Å². The number of sulfone groups is 1. The van der Waals surface area contributed by atoms with Gasteiger partial charge >= 0.3 is 11.0 Å². The molecule has 1 N–H and O–H groups in total. The highest BCUT2D eigenvalue weighted by molar-refractivity contribution is 9.10. The predicted octanol–water partition coefficient (Wildman–Crippen LogP) is 3.00. The van der Waals surface area contributed by atoms with Crippen LogP contribution in [0, 0.1) is 10.1 Å². The first-order chi connectivity index (χ1) is 10.1. The summed E-state index contributed by atoms with van der Waals surface area (Å²) >= 11 is 8.94. The van der Waals surface area contributed by atoms with Crippen LogP contribution in [0.2, 0.25) is 5.15 Å². The number of nitrogens with zero attached hydrogens (tertiary/aromatic N) is 2. The fraction of sp³-hybridized carbons (Fsp3) is 0. The molecule has 0 aliphatic rings. The first-order valence-corrected chi connectivity index (χ1v) is 8.69. The predicted molar refractivity (Wildman–Crippen MR) is 80.3 cm³/mol. The molecule has 2 heterocycles. The van der Waals surface area contributed by atoms with E-state index in [2.05, 4.69) is 20.9 Å². The Labute approximate surface area is 140 Å². The zero-order valence-corrected chi connectivity index (χ0v) is 14.2. The van der Waals surface area contributed by atoms with Crippen molar-refractivity contribution in [2.24, 2.45) is 0 Å². The summed E-state index contributed by atoms with van der Waals surface area (Å²) < 4.78 is 25.1. The highest BCUT2D eigenvalue weighted by atomic mass is 79.9. The van der Waals surface area contributed by atoms with E-state index >= 15 is 0 Å². The maximum absolute atomic E-state index is 12.5. The summed E-state index contributed by atoms with van der Waals surface area (Å²) in [5, 5.41) is 19.1. The molecular formula is C10H4BrClN2O6S2. The lowest BCUT2D eigenvalue weighted by molar-refractivity contribution is -0.383. The van der Waals surface area contributed by atoms with Gasteiger partial charge < -0.3 is 5.11 Å². The van der Waals surface area contributed by atoms with Crippen LogP contribution in [0.3, 0.4) is 0 Å². The molecule has 0 aromatic carbocycles. The van der Waals surface area contributed by atoms with Gasteiger partial charge in [0, 0.05) is 6.20 Å². The quantitative estimate of drug-likeness (QED) is 0.451. The van der Waals surface area contributed by atoms with Crippen LogP contribution in [-0.2, 0) is 9.84 Å². The monoisotopic (exact) mass is 426 g/mol. The van der Waals surface area contributed by atoms with Crippen molar-refractivity contribution in [3.05, 3.63) is 42.9 Å². The first-order valence-electron chi connectivity index (χ1n) is 5.22. The molecule has 2 rings (SSSR count). The van der Waals surface area contributed by atoms with E-state index in [0.29, 0.717) is 0 Å². The second-order valence-corrected chi connectivity index (χ2v) is 7.95. The number of thiophene rings is 1. The van der Waals surface area contributed by atoms with Crippen molar-refractivity contribution in [3.63, 3.8) is 0 Å². The number of aromatic nitrogens is 1. The van der Waals surface area contributed by atoms with Crippen LogP contribution in [0.15, 0.2) is 32.6 Å². The highest BCUT2D eigenvalue weighted by Crippen LogP contribution is 2.37. The Balaban J connectivity index is 2.70. The molecule has 0 aliphatic heterocycles. The molecule has 0 saturated heterocycles. The third kappa shape index (κ3) is 2.97. The van der Waals surface area contributed by atoms with Crippen LogP contribution < -0.4 is 0 Å². The molecule has 12 heteroatoms. The van der Waals surface area contributed by atoms with Crippen LogP contribution >= 0.6 is 38.9 Å². The van der Waals surface area contributed by atoms with Crippen molar-refractivity contribution in [3.8, 4) is 0 Å². The van der Waals surface area contributed by atoms with E-state index in [-0.39, 0.29) is 25.9 Å². The third-order valence-corrected chi connectivity index (χ3v) is 6.50. The second kappa shape index (κ2) is 5.91. The Hall–Kier alpha value is -1.56. The van der Waals surface area contributed by atoms with Gasteiger partial charge in [0.1, 0.15) is 10.0 Å². The van der Waals surface area contributed by atoms with E-state index < -0.39 is 35.5 Å². The number of halogens is 2. The lowest BCUT2D eigenvalue weighted by Gasteiger charge is -2.03. The number of rotatable bonds is 4. The molecule has 116 valence electrons. The van der Waals surface area contributed by atoms with Gasteiger partial charge in [-0.2, -0.15) is 0 Å². The minimum absolute atomic E-state index is 0.0185. The Bertz CT molecular complexity index is 895. The SMILES string of the molecule is O=C(O)c1cc(S(=O)(=O)c2cnc(Cl)c(Br)c2)c([N+](=O)[O-])s1. The molecule has 0 bridgehead atoms. The van der Waals surface area contributed by atoms with E-state index in [1.807, 2.05) is 0 Å². The van der Waals surface area contributed by atoms with Crippen LogP contribution in [0.5, 0.6) is 0 Å². The maximum atomic E-state index is 12.5. The second-order valence-electron chi connectivity index (χ2n) is 3.79. The zero-order valence-electron chi connectivity index (χ0n) is 10.2. The number of carboxylic acids is 1. The molecular weight excluding hydrogens is 424 g/mol. The van der Waals surface area contributed by atoms with Gasteiger partial charge in [0.15, 0.2) is 4.90 Å². The lowest BCUT2D eigenvalue weighted by Crippen LogP contribution is -2.04. The molecule has 22 heavy (non-hydrogen) atoms. The lowest BCUT2D eigenvalue weighted by atomic mass is 10.5. The van der Waals surface area contributed by atoms with Crippen molar-refractivity contribution >= 4 is 59.7 Å². The Morgan fingerprint density at radius 1 is 1.45 bits per heavy atom. The summed E-state index contributed by atoms with van der Waals surface area (Å²) in [6.45, 7) is 0. The van der Waals surface area contributed by atoms with Crippen molar-refractivity contribution in [2.75, 3.05) is 0 Å². The summed E-state index contributed by atoms with van der Waals surface area (Å²) in [6, 6.07) is 1.88. The van der Waals surface area contributed by atoms with Gasteiger partial charge in [0.05, 0.1) is 14.3 Å². The molecule has 0 atom stereocenters. The molecule has 0 aliphatic carbocycles. The van der Waals surface area contributed by atoms with Gasteiger partial charge in [-0.05, 0) is 28.1 Å². The van der Waals surface area contributed by atoms with Gasteiger partial charge in [0.2, 0.25) is 9.84 Å². The average molecular weight is 428 g/mol.